The fourth-order valence-corrected chi connectivity index (χ4v) is 5.84. The van der Waals surface area contributed by atoms with Gasteiger partial charge in [0.15, 0.2) is 0 Å². The summed E-state index contributed by atoms with van der Waals surface area (Å²) in [7, 11) is 4.66. The topological polar surface area (TPSA) is 94.2 Å². The molecule has 1 spiro atoms. The van der Waals surface area contributed by atoms with Gasteiger partial charge in [-0.05, 0) is 45.0 Å². The monoisotopic (exact) mass is 468 g/mol. The zero-order valence-corrected chi connectivity index (χ0v) is 20.5. The molecule has 2 bridgehead atoms. The average Bonchev–Trinajstić information content (AvgIpc) is 3.13. The minimum atomic E-state index is -1.10. The fraction of sp³-hybridized carbons (Fsp3) is 0.500. The number of fused-ring (bicyclic) bond motifs is 5. The Bertz CT molecular complexity index is 1070. The molecule has 8 nitrogen and oxygen atoms in total. The summed E-state index contributed by atoms with van der Waals surface area (Å²) in [5, 5.41) is 3.27. The number of methoxy groups -OCH3 is 2. The molecule has 0 saturated heterocycles. The molecule has 1 aromatic carbocycles. The zero-order valence-electron chi connectivity index (χ0n) is 20.5. The van der Waals surface area contributed by atoms with Crippen molar-refractivity contribution >= 4 is 23.5 Å². The number of carbonyl (C=O) groups is 3. The van der Waals surface area contributed by atoms with Crippen LogP contribution >= 0.6 is 0 Å². The summed E-state index contributed by atoms with van der Waals surface area (Å²) in [6.45, 7) is 5.49. The molecular formula is C26H32N2O6. The maximum absolute atomic E-state index is 14.1. The van der Waals surface area contributed by atoms with Crippen molar-refractivity contribution in [1.29, 1.82) is 0 Å². The lowest BCUT2D eigenvalue weighted by atomic mass is 9.64. The van der Waals surface area contributed by atoms with Gasteiger partial charge in [-0.3, -0.25) is 14.5 Å². The van der Waals surface area contributed by atoms with Crippen molar-refractivity contribution in [3.05, 3.63) is 53.6 Å². The number of benzene rings is 1. The van der Waals surface area contributed by atoms with E-state index in [-0.39, 0.29) is 12.6 Å². The Morgan fingerprint density at radius 3 is 2.53 bits per heavy atom. The van der Waals surface area contributed by atoms with E-state index in [9.17, 15) is 14.4 Å². The molecule has 2 aliphatic carbocycles. The number of anilines is 1. The van der Waals surface area contributed by atoms with Gasteiger partial charge >= 0.3 is 11.9 Å². The summed E-state index contributed by atoms with van der Waals surface area (Å²) in [5.74, 6) is -2.55. The van der Waals surface area contributed by atoms with Gasteiger partial charge in [0.2, 0.25) is 5.91 Å². The Labute approximate surface area is 199 Å². The van der Waals surface area contributed by atoms with Gasteiger partial charge in [-0.2, -0.15) is 0 Å². The standard InChI is InChI=1S/C26H32N2O6/c1-25(2,3)34-19(29)13-16-15-11-12-26(21(16)22(27-4)20(15)23(30)33-6)17-9-7-8-10-18(17)28(14-32-5)24(26)31/h7-13,15,20-22,27H,14H2,1-6H3/b16-13-/t15-,20-,21+,22+,26+/m0/s1. The first-order valence-corrected chi connectivity index (χ1v) is 11.4. The smallest absolute Gasteiger partial charge is 0.331 e. The summed E-state index contributed by atoms with van der Waals surface area (Å²) in [6.07, 6.45) is 5.24. The lowest BCUT2D eigenvalue weighted by molar-refractivity contribution is -0.149. The maximum atomic E-state index is 14.1. The number of hydrogen-bond donors (Lipinski definition) is 1. The van der Waals surface area contributed by atoms with Crippen LogP contribution in [-0.2, 0) is 34.0 Å². The Hall–Kier alpha value is -2.97. The summed E-state index contributed by atoms with van der Waals surface area (Å²) in [4.78, 5) is 41.5. The Kier molecular flexibility index (Phi) is 6.16. The minimum Gasteiger partial charge on any atom is -0.469 e. The van der Waals surface area contributed by atoms with E-state index in [2.05, 4.69) is 5.32 Å². The maximum Gasteiger partial charge on any atom is 0.331 e. The first-order chi connectivity index (χ1) is 16.1. The van der Waals surface area contributed by atoms with Gasteiger partial charge in [0.1, 0.15) is 17.7 Å². The highest BCUT2D eigenvalue weighted by Gasteiger charge is 2.65. The number of para-hydroxylation sites is 1. The van der Waals surface area contributed by atoms with Gasteiger partial charge in [-0.1, -0.05) is 30.4 Å². The van der Waals surface area contributed by atoms with Crippen LogP contribution in [0.2, 0.25) is 0 Å². The van der Waals surface area contributed by atoms with Gasteiger partial charge in [0.25, 0.3) is 0 Å². The van der Waals surface area contributed by atoms with Crippen molar-refractivity contribution in [2.75, 3.05) is 32.9 Å². The van der Waals surface area contributed by atoms with Gasteiger partial charge in [-0.25, -0.2) is 4.79 Å². The third-order valence-corrected chi connectivity index (χ3v) is 6.93. The first kappa shape index (κ1) is 24.2. The van der Waals surface area contributed by atoms with Crippen LogP contribution in [0.15, 0.2) is 48.1 Å². The van der Waals surface area contributed by atoms with Gasteiger partial charge in [-0.15, -0.1) is 0 Å². The number of hydrogen-bond acceptors (Lipinski definition) is 7. The number of amides is 1. The van der Waals surface area contributed by atoms with Crippen LogP contribution in [0, 0.1) is 17.8 Å². The largest absolute Gasteiger partial charge is 0.469 e. The third-order valence-electron chi connectivity index (χ3n) is 6.93. The molecule has 0 aromatic heterocycles. The second-order valence-corrected chi connectivity index (χ2v) is 9.94. The highest BCUT2D eigenvalue weighted by Crippen LogP contribution is 2.60. The Morgan fingerprint density at radius 1 is 1.21 bits per heavy atom. The summed E-state index contributed by atoms with van der Waals surface area (Å²) >= 11 is 0. The normalized spacial score (nSPS) is 30.7. The van der Waals surface area contributed by atoms with Crippen molar-refractivity contribution in [3.63, 3.8) is 0 Å². The number of nitrogens with one attached hydrogen (secondary N) is 1. The van der Waals surface area contributed by atoms with E-state index in [1.165, 1.54) is 13.2 Å². The quantitative estimate of drug-likeness (QED) is 0.403. The van der Waals surface area contributed by atoms with E-state index < -0.39 is 46.8 Å². The predicted octanol–water partition coefficient (Wildman–Crippen LogP) is 2.34. The number of rotatable bonds is 5. The minimum absolute atomic E-state index is 0.0946. The number of nitrogens with zero attached hydrogens (tertiary/aromatic N) is 1. The van der Waals surface area contributed by atoms with E-state index >= 15 is 0 Å². The molecule has 4 rings (SSSR count). The second kappa shape index (κ2) is 8.67. The first-order valence-electron chi connectivity index (χ1n) is 11.4. The van der Waals surface area contributed by atoms with Crippen molar-refractivity contribution in [1.82, 2.24) is 5.32 Å². The van der Waals surface area contributed by atoms with Crippen molar-refractivity contribution in [2.45, 2.75) is 37.8 Å². The lowest BCUT2D eigenvalue weighted by Crippen LogP contribution is -2.52. The molecule has 3 aliphatic rings. The molecule has 1 saturated carbocycles. The van der Waals surface area contributed by atoms with Crippen LogP contribution in [0.4, 0.5) is 5.69 Å². The van der Waals surface area contributed by atoms with E-state index in [1.54, 1.807) is 39.8 Å². The van der Waals surface area contributed by atoms with Crippen LogP contribution < -0.4 is 10.2 Å². The van der Waals surface area contributed by atoms with E-state index in [0.717, 1.165) is 11.3 Å². The third kappa shape index (κ3) is 3.56. The molecule has 34 heavy (non-hydrogen) atoms. The SMILES string of the molecule is CN[C@@H]1[C@@H](C(=O)OC)[C@H]2C=C[C@]3(C(=O)N(COC)c4ccccc43)[C@@H]1/C2=C\C(=O)OC(C)(C)C. The fourth-order valence-electron chi connectivity index (χ4n) is 5.84. The van der Waals surface area contributed by atoms with Crippen LogP contribution in [0.3, 0.4) is 0 Å². The van der Waals surface area contributed by atoms with Gasteiger partial charge < -0.3 is 19.5 Å². The van der Waals surface area contributed by atoms with Crippen LogP contribution in [0.5, 0.6) is 0 Å². The van der Waals surface area contributed by atoms with Crippen LogP contribution in [0.1, 0.15) is 26.3 Å². The molecule has 1 aliphatic heterocycles. The summed E-state index contributed by atoms with van der Waals surface area (Å²) in [6, 6.07) is 7.14. The molecular weight excluding hydrogens is 436 g/mol. The number of allylic oxidation sites excluding steroid dienone is 1. The van der Waals surface area contributed by atoms with Crippen molar-refractivity contribution in [2.24, 2.45) is 17.8 Å². The lowest BCUT2D eigenvalue weighted by Gasteiger charge is -2.38. The molecule has 1 N–H and O–H groups in total. The molecule has 5 atom stereocenters. The highest BCUT2D eigenvalue weighted by molar-refractivity contribution is 6.10. The molecule has 1 amide bonds. The number of carbonyl (C=O) groups excluding carboxylic acids is 3. The highest BCUT2D eigenvalue weighted by atomic mass is 16.6. The van der Waals surface area contributed by atoms with Gasteiger partial charge in [0, 0.05) is 31.1 Å². The second-order valence-electron chi connectivity index (χ2n) is 9.94. The van der Waals surface area contributed by atoms with Crippen molar-refractivity contribution < 1.29 is 28.6 Å². The van der Waals surface area contributed by atoms with E-state index in [1.807, 2.05) is 36.4 Å². The summed E-state index contributed by atoms with van der Waals surface area (Å²) in [5.41, 5.74) is 0.484. The number of ether oxygens (including phenoxy) is 3. The molecule has 1 aromatic rings. The Morgan fingerprint density at radius 2 is 1.91 bits per heavy atom. The molecule has 182 valence electrons. The van der Waals surface area contributed by atoms with Crippen LogP contribution in [0.25, 0.3) is 0 Å². The molecule has 0 unspecified atom stereocenters. The predicted molar refractivity (Wildman–Crippen MR) is 126 cm³/mol. The molecule has 1 fully saturated rings. The molecule has 0 radical (unpaired) electrons. The van der Waals surface area contributed by atoms with Crippen molar-refractivity contribution in [3.8, 4) is 0 Å². The molecule has 1 heterocycles. The average molecular weight is 469 g/mol. The Balaban J connectivity index is 1.93. The molecule has 8 heteroatoms. The van der Waals surface area contributed by atoms with Gasteiger partial charge in [0.05, 0.1) is 18.7 Å². The zero-order chi connectivity index (χ0) is 24.8. The number of esters is 2. The summed E-state index contributed by atoms with van der Waals surface area (Å²) < 4.78 is 16.1. The van der Waals surface area contributed by atoms with Crippen LogP contribution in [-0.4, -0.2) is 57.5 Å². The van der Waals surface area contributed by atoms with E-state index in [0.29, 0.717) is 5.57 Å². The van der Waals surface area contributed by atoms with E-state index in [4.69, 9.17) is 14.2 Å².